The number of nitrogens with one attached hydrogen (secondary N) is 1. The van der Waals surface area contributed by atoms with Gasteiger partial charge in [-0.1, -0.05) is 6.92 Å². The Morgan fingerprint density at radius 3 is 2.68 bits per heavy atom. The quantitative estimate of drug-likeness (QED) is 0.717. The highest BCUT2D eigenvalue weighted by Crippen LogP contribution is 2.38. The molecule has 0 amide bonds. The molecule has 0 bridgehead atoms. The third-order valence-corrected chi connectivity index (χ3v) is 3.63. The third-order valence-electron chi connectivity index (χ3n) is 3.63. The van der Waals surface area contributed by atoms with E-state index in [1.807, 2.05) is 12.4 Å². The van der Waals surface area contributed by atoms with Crippen LogP contribution < -0.4 is 10.2 Å². The van der Waals surface area contributed by atoms with Gasteiger partial charge in [-0.15, -0.1) is 0 Å². The maximum atomic E-state index is 4.98. The Hall–Kier alpha value is -1.20. The van der Waals surface area contributed by atoms with Crippen LogP contribution in [0.5, 0.6) is 0 Å². The zero-order valence-corrected chi connectivity index (χ0v) is 12.1. The van der Waals surface area contributed by atoms with Crippen LogP contribution in [-0.2, 0) is 11.3 Å². The largest absolute Gasteiger partial charge is 0.383 e. The van der Waals surface area contributed by atoms with Crippen molar-refractivity contribution in [2.75, 3.05) is 38.8 Å². The van der Waals surface area contributed by atoms with E-state index in [1.165, 1.54) is 6.42 Å². The topological polar surface area (TPSA) is 50.3 Å². The molecular formula is C14H24N4O. The van der Waals surface area contributed by atoms with Gasteiger partial charge in [0.15, 0.2) is 0 Å². The predicted octanol–water partition coefficient (Wildman–Crippen LogP) is 1.30. The van der Waals surface area contributed by atoms with Crippen molar-refractivity contribution in [3.05, 3.63) is 18.0 Å². The molecule has 2 rings (SSSR count). The van der Waals surface area contributed by atoms with Crippen LogP contribution in [0.3, 0.4) is 0 Å². The van der Waals surface area contributed by atoms with Gasteiger partial charge in [0.05, 0.1) is 6.61 Å². The lowest BCUT2D eigenvalue weighted by molar-refractivity contribution is 0.199. The first kappa shape index (κ1) is 14.2. The summed E-state index contributed by atoms with van der Waals surface area (Å²) >= 11 is 0. The van der Waals surface area contributed by atoms with E-state index in [-0.39, 0.29) is 0 Å². The second-order valence-corrected chi connectivity index (χ2v) is 5.41. The molecule has 1 aromatic heterocycles. The van der Waals surface area contributed by atoms with Gasteiger partial charge in [-0.2, -0.15) is 0 Å². The zero-order chi connectivity index (χ0) is 13.7. The van der Waals surface area contributed by atoms with Gasteiger partial charge >= 0.3 is 0 Å². The number of hydrogen-bond donors (Lipinski definition) is 1. The molecule has 1 saturated carbocycles. The van der Waals surface area contributed by atoms with Crippen LogP contribution in [0.4, 0.5) is 5.95 Å². The molecule has 19 heavy (non-hydrogen) atoms. The minimum atomic E-state index is 0.723. The molecule has 1 aliphatic carbocycles. The number of rotatable bonds is 8. The van der Waals surface area contributed by atoms with Crippen molar-refractivity contribution in [2.24, 2.45) is 11.8 Å². The fourth-order valence-electron chi connectivity index (χ4n) is 2.13. The van der Waals surface area contributed by atoms with Gasteiger partial charge in [0.1, 0.15) is 0 Å². The van der Waals surface area contributed by atoms with Crippen molar-refractivity contribution in [1.82, 2.24) is 15.3 Å². The Bertz CT molecular complexity index is 382. The molecular weight excluding hydrogens is 240 g/mol. The normalized spacial score (nSPS) is 21.4. The summed E-state index contributed by atoms with van der Waals surface area (Å²) in [6, 6.07) is 0. The monoisotopic (exact) mass is 264 g/mol. The average molecular weight is 264 g/mol. The van der Waals surface area contributed by atoms with Crippen LogP contribution in [-0.4, -0.2) is 43.8 Å². The molecule has 0 spiro atoms. The zero-order valence-electron chi connectivity index (χ0n) is 12.1. The van der Waals surface area contributed by atoms with Crippen LogP contribution in [0.1, 0.15) is 18.9 Å². The third kappa shape index (κ3) is 4.44. The smallest absolute Gasteiger partial charge is 0.225 e. The first-order chi connectivity index (χ1) is 9.20. The summed E-state index contributed by atoms with van der Waals surface area (Å²) in [5.41, 5.74) is 1.10. The molecule has 1 aliphatic rings. The first-order valence-electron chi connectivity index (χ1n) is 6.92. The van der Waals surface area contributed by atoms with Crippen LogP contribution >= 0.6 is 0 Å². The molecule has 106 valence electrons. The summed E-state index contributed by atoms with van der Waals surface area (Å²) < 4.78 is 4.98. The van der Waals surface area contributed by atoms with Crippen molar-refractivity contribution in [1.29, 1.82) is 0 Å². The van der Waals surface area contributed by atoms with E-state index in [1.54, 1.807) is 7.11 Å². The molecule has 0 aliphatic heterocycles. The molecule has 1 N–H and O–H groups in total. The lowest BCUT2D eigenvalue weighted by Crippen LogP contribution is -2.23. The fourth-order valence-corrected chi connectivity index (χ4v) is 2.13. The minimum Gasteiger partial charge on any atom is -0.383 e. The Morgan fingerprint density at radius 2 is 2.11 bits per heavy atom. The standard InChI is InChI=1S/C14H24N4O/c1-11-6-13(11)10-18(2)14-16-8-12(9-17-14)7-15-4-5-19-3/h8-9,11,13,15H,4-7,10H2,1-3H3. The van der Waals surface area contributed by atoms with Gasteiger partial charge < -0.3 is 15.0 Å². The highest BCUT2D eigenvalue weighted by molar-refractivity contribution is 5.29. The SMILES string of the molecule is COCCNCc1cnc(N(C)CC2CC2C)nc1. The van der Waals surface area contributed by atoms with E-state index in [4.69, 9.17) is 4.74 Å². The van der Waals surface area contributed by atoms with E-state index in [0.717, 1.165) is 49.6 Å². The number of ether oxygens (including phenoxy) is 1. The summed E-state index contributed by atoms with van der Waals surface area (Å²) in [6.45, 7) is 5.72. The molecule has 1 heterocycles. The van der Waals surface area contributed by atoms with Gasteiger partial charge in [-0.25, -0.2) is 9.97 Å². The van der Waals surface area contributed by atoms with Crippen molar-refractivity contribution in [2.45, 2.75) is 19.9 Å². The van der Waals surface area contributed by atoms with E-state index in [0.29, 0.717) is 0 Å². The van der Waals surface area contributed by atoms with E-state index in [9.17, 15) is 0 Å². The summed E-state index contributed by atoms with van der Waals surface area (Å²) in [5, 5.41) is 3.28. The molecule has 0 saturated heterocycles. The number of aromatic nitrogens is 2. The second-order valence-electron chi connectivity index (χ2n) is 5.41. The maximum absolute atomic E-state index is 4.98. The molecule has 2 atom stereocenters. The Morgan fingerprint density at radius 1 is 1.42 bits per heavy atom. The molecule has 0 radical (unpaired) electrons. The Balaban J connectivity index is 1.77. The Labute approximate surface area is 115 Å². The van der Waals surface area contributed by atoms with E-state index < -0.39 is 0 Å². The molecule has 2 unspecified atom stereocenters. The number of methoxy groups -OCH3 is 1. The molecule has 5 heteroatoms. The maximum Gasteiger partial charge on any atom is 0.225 e. The van der Waals surface area contributed by atoms with Crippen molar-refractivity contribution < 1.29 is 4.74 Å². The first-order valence-corrected chi connectivity index (χ1v) is 6.92. The average Bonchev–Trinajstić information content (AvgIpc) is 3.11. The molecule has 1 fully saturated rings. The number of hydrogen-bond acceptors (Lipinski definition) is 5. The van der Waals surface area contributed by atoms with Crippen LogP contribution in [0.15, 0.2) is 12.4 Å². The van der Waals surface area contributed by atoms with Crippen molar-refractivity contribution >= 4 is 5.95 Å². The van der Waals surface area contributed by atoms with Gasteiger partial charge in [-0.3, -0.25) is 0 Å². The van der Waals surface area contributed by atoms with Gasteiger partial charge in [-0.05, 0) is 18.3 Å². The van der Waals surface area contributed by atoms with Crippen LogP contribution in [0.25, 0.3) is 0 Å². The van der Waals surface area contributed by atoms with Crippen LogP contribution in [0.2, 0.25) is 0 Å². The summed E-state index contributed by atoms with van der Waals surface area (Å²) in [6.07, 6.45) is 5.13. The van der Waals surface area contributed by atoms with Crippen LogP contribution in [0, 0.1) is 11.8 Å². The summed E-state index contributed by atoms with van der Waals surface area (Å²) in [7, 11) is 3.77. The molecule has 0 aromatic carbocycles. The second kappa shape index (κ2) is 6.82. The molecule has 5 nitrogen and oxygen atoms in total. The van der Waals surface area contributed by atoms with E-state index in [2.05, 4.69) is 34.2 Å². The Kier molecular flexibility index (Phi) is 5.10. The fraction of sp³-hybridized carbons (Fsp3) is 0.714. The highest BCUT2D eigenvalue weighted by Gasteiger charge is 2.33. The lowest BCUT2D eigenvalue weighted by Gasteiger charge is -2.16. The predicted molar refractivity (Wildman–Crippen MR) is 76.2 cm³/mol. The summed E-state index contributed by atoms with van der Waals surface area (Å²) in [4.78, 5) is 11.0. The van der Waals surface area contributed by atoms with E-state index >= 15 is 0 Å². The summed E-state index contributed by atoms with van der Waals surface area (Å²) in [5.74, 6) is 2.51. The van der Waals surface area contributed by atoms with Gasteiger partial charge in [0.2, 0.25) is 5.95 Å². The van der Waals surface area contributed by atoms with Crippen molar-refractivity contribution in [3.63, 3.8) is 0 Å². The molecule has 1 aromatic rings. The van der Waals surface area contributed by atoms with Crippen molar-refractivity contribution in [3.8, 4) is 0 Å². The van der Waals surface area contributed by atoms with Gasteiger partial charge in [0.25, 0.3) is 0 Å². The number of anilines is 1. The van der Waals surface area contributed by atoms with Gasteiger partial charge in [0, 0.05) is 51.7 Å². The highest BCUT2D eigenvalue weighted by atomic mass is 16.5. The minimum absolute atomic E-state index is 0.723. The lowest BCUT2D eigenvalue weighted by atomic mass is 10.3. The number of nitrogens with zero attached hydrogens (tertiary/aromatic N) is 3.